The van der Waals surface area contributed by atoms with Crippen molar-refractivity contribution in [1.29, 1.82) is 0 Å². The van der Waals surface area contributed by atoms with Crippen molar-refractivity contribution in [2.45, 2.75) is 13.0 Å². The third kappa shape index (κ3) is 2.22. The Morgan fingerprint density at radius 3 is 2.94 bits per heavy atom. The van der Waals surface area contributed by atoms with Gasteiger partial charge < -0.3 is 20.1 Å². The van der Waals surface area contributed by atoms with Gasteiger partial charge in [0.25, 0.3) is 0 Å². The van der Waals surface area contributed by atoms with Gasteiger partial charge in [0.2, 0.25) is 0 Å². The number of hydrogen-bond donors (Lipinski definition) is 1. The lowest BCUT2D eigenvalue weighted by Crippen LogP contribution is -2.43. The molecule has 2 N–H and O–H groups in total. The molecule has 1 aliphatic rings. The van der Waals surface area contributed by atoms with Crippen molar-refractivity contribution in [1.82, 2.24) is 0 Å². The van der Waals surface area contributed by atoms with E-state index in [1.807, 2.05) is 18.2 Å². The first-order chi connectivity index (χ1) is 7.70. The predicted molar refractivity (Wildman–Crippen MR) is 65.0 cm³/mol. The van der Waals surface area contributed by atoms with Crippen LogP contribution in [0.4, 0.5) is 11.4 Å². The van der Waals surface area contributed by atoms with E-state index < -0.39 is 0 Å². The fourth-order valence-electron chi connectivity index (χ4n) is 2.00. The Hall–Kier alpha value is -1.42. The van der Waals surface area contributed by atoms with E-state index in [9.17, 15) is 0 Å². The normalized spacial score (nSPS) is 20.9. The molecule has 0 bridgehead atoms. The van der Waals surface area contributed by atoms with E-state index in [0.717, 1.165) is 36.9 Å². The maximum Gasteiger partial charge on any atom is 0.122 e. The summed E-state index contributed by atoms with van der Waals surface area (Å²) in [6, 6.07) is 6.19. The van der Waals surface area contributed by atoms with Gasteiger partial charge in [-0.25, -0.2) is 0 Å². The lowest BCUT2D eigenvalue weighted by atomic mass is 10.2. The van der Waals surface area contributed by atoms with Gasteiger partial charge in [-0.2, -0.15) is 0 Å². The number of methoxy groups -OCH3 is 1. The summed E-state index contributed by atoms with van der Waals surface area (Å²) in [7, 11) is 1.65. The molecule has 0 aromatic heterocycles. The molecule has 0 saturated carbocycles. The minimum Gasteiger partial charge on any atom is -0.497 e. The highest BCUT2D eigenvalue weighted by atomic mass is 16.5. The molecule has 4 nitrogen and oxygen atoms in total. The summed E-state index contributed by atoms with van der Waals surface area (Å²) in [6.07, 6.45) is 0. The van der Waals surface area contributed by atoms with Crippen LogP contribution in [0.5, 0.6) is 5.75 Å². The van der Waals surface area contributed by atoms with Crippen LogP contribution < -0.4 is 15.4 Å². The Morgan fingerprint density at radius 1 is 1.44 bits per heavy atom. The van der Waals surface area contributed by atoms with E-state index >= 15 is 0 Å². The van der Waals surface area contributed by atoms with Crippen molar-refractivity contribution < 1.29 is 9.47 Å². The molecule has 1 heterocycles. The average molecular weight is 222 g/mol. The molecule has 4 heteroatoms. The molecule has 0 aliphatic carbocycles. The zero-order valence-electron chi connectivity index (χ0n) is 9.77. The van der Waals surface area contributed by atoms with Gasteiger partial charge in [0, 0.05) is 36.1 Å². The number of anilines is 2. The van der Waals surface area contributed by atoms with E-state index in [1.54, 1.807) is 7.11 Å². The van der Waals surface area contributed by atoms with Gasteiger partial charge in [0.1, 0.15) is 5.75 Å². The van der Waals surface area contributed by atoms with Crippen LogP contribution in [0, 0.1) is 0 Å². The van der Waals surface area contributed by atoms with Crippen molar-refractivity contribution in [3.63, 3.8) is 0 Å². The number of nitrogen functional groups attached to an aromatic ring is 1. The van der Waals surface area contributed by atoms with E-state index in [2.05, 4.69) is 11.8 Å². The van der Waals surface area contributed by atoms with Gasteiger partial charge in [0.15, 0.2) is 0 Å². The Morgan fingerprint density at radius 2 is 2.25 bits per heavy atom. The number of nitrogens with two attached hydrogens (primary N) is 1. The summed E-state index contributed by atoms with van der Waals surface area (Å²) in [5.74, 6) is 0.800. The quantitative estimate of drug-likeness (QED) is 0.770. The third-order valence-electron chi connectivity index (χ3n) is 2.85. The van der Waals surface area contributed by atoms with Gasteiger partial charge in [0.05, 0.1) is 20.3 Å². The van der Waals surface area contributed by atoms with Gasteiger partial charge in [-0.1, -0.05) is 0 Å². The fraction of sp³-hybridized carbons (Fsp3) is 0.500. The van der Waals surface area contributed by atoms with Crippen LogP contribution in [0.15, 0.2) is 18.2 Å². The molecule has 0 amide bonds. The second kappa shape index (κ2) is 4.61. The first-order valence-corrected chi connectivity index (χ1v) is 5.49. The summed E-state index contributed by atoms with van der Waals surface area (Å²) in [5.41, 5.74) is 7.68. The highest BCUT2D eigenvalue weighted by Crippen LogP contribution is 2.27. The van der Waals surface area contributed by atoms with Crippen molar-refractivity contribution in [3.8, 4) is 5.75 Å². The van der Waals surface area contributed by atoms with Crippen LogP contribution in [0.25, 0.3) is 0 Å². The molecule has 1 aromatic rings. The maximum absolute atomic E-state index is 5.85. The van der Waals surface area contributed by atoms with Crippen molar-refractivity contribution >= 4 is 11.4 Å². The second-order valence-corrected chi connectivity index (χ2v) is 4.08. The minimum absolute atomic E-state index is 0.375. The molecule has 1 unspecified atom stereocenters. The lowest BCUT2D eigenvalue weighted by molar-refractivity contribution is 0.0989. The molecular weight excluding hydrogens is 204 g/mol. The Balaban J connectivity index is 2.27. The SMILES string of the molecule is COc1cc(N)cc(N2CCOCC2C)c1. The number of ether oxygens (including phenoxy) is 2. The topological polar surface area (TPSA) is 47.7 Å². The van der Waals surface area contributed by atoms with Crippen LogP contribution in [-0.4, -0.2) is 32.9 Å². The predicted octanol–water partition coefficient (Wildman–Crippen LogP) is 1.50. The molecule has 0 spiro atoms. The maximum atomic E-state index is 5.85. The summed E-state index contributed by atoms with van der Waals surface area (Å²) in [6.45, 7) is 4.57. The van der Waals surface area contributed by atoms with Crippen molar-refractivity contribution in [2.24, 2.45) is 0 Å². The van der Waals surface area contributed by atoms with E-state index in [0.29, 0.717) is 6.04 Å². The van der Waals surface area contributed by atoms with Crippen LogP contribution >= 0.6 is 0 Å². The molecule has 0 radical (unpaired) electrons. The molecule has 1 fully saturated rings. The summed E-state index contributed by atoms with van der Waals surface area (Å²) in [4.78, 5) is 2.29. The molecule has 1 aromatic carbocycles. The third-order valence-corrected chi connectivity index (χ3v) is 2.85. The smallest absolute Gasteiger partial charge is 0.122 e. The van der Waals surface area contributed by atoms with Crippen molar-refractivity contribution in [2.75, 3.05) is 37.5 Å². The Labute approximate surface area is 95.9 Å². The number of morpholine rings is 1. The van der Waals surface area contributed by atoms with Crippen LogP contribution in [0.3, 0.4) is 0 Å². The van der Waals surface area contributed by atoms with Crippen LogP contribution in [0.1, 0.15) is 6.92 Å². The molecule has 88 valence electrons. The van der Waals surface area contributed by atoms with Crippen LogP contribution in [-0.2, 0) is 4.74 Å². The van der Waals surface area contributed by atoms with E-state index in [1.165, 1.54) is 0 Å². The zero-order valence-corrected chi connectivity index (χ0v) is 9.77. The monoisotopic (exact) mass is 222 g/mol. The van der Waals surface area contributed by atoms with Gasteiger partial charge in [-0.05, 0) is 13.0 Å². The largest absolute Gasteiger partial charge is 0.497 e. The van der Waals surface area contributed by atoms with E-state index in [-0.39, 0.29) is 0 Å². The molecular formula is C12H18N2O2. The summed E-state index contributed by atoms with van der Waals surface area (Å²) in [5, 5.41) is 0. The second-order valence-electron chi connectivity index (χ2n) is 4.08. The summed E-state index contributed by atoms with van der Waals surface area (Å²) < 4.78 is 10.6. The number of rotatable bonds is 2. The van der Waals surface area contributed by atoms with Crippen molar-refractivity contribution in [3.05, 3.63) is 18.2 Å². The summed E-state index contributed by atoms with van der Waals surface area (Å²) >= 11 is 0. The molecule has 1 aliphatic heterocycles. The van der Waals surface area contributed by atoms with Gasteiger partial charge >= 0.3 is 0 Å². The fourth-order valence-corrected chi connectivity index (χ4v) is 2.00. The van der Waals surface area contributed by atoms with Gasteiger partial charge in [-0.3, -0.25) is 0 Å². The zero-order chi connectivity index (χ0) is 11.5. The molecule has 1 saturated heterocycles. The first kappa shape index (κ1) is 11.1. The highest BCUT2D eigenvalue weighted by molar-refractivity contribution is 5.61. The van der Waals surface area contributed by atoms with Crippen LogP contribution in [0.2, 0.25) is 0 Å². The standard InChI is InChI=1S/C12H18N2O2/c1-9-8-16-4-3-14(9)11-5-10(13)6-12(7-11)15-2/h5-7,9H,3-4,8,13H2,1-2H3. The average Bonchev–Trinajstić information content (AvgIpc) is 2.28. The number of nitrogens with zero attached hydrogens (tertiary/aromatic N) is 1. The molecule has 2 rings (SSSR count). The van der Waals surface area contributed by atoms with E-state index in [4.69, 9.17) is 15.2 Å². The Kier molecular flexibility index (Phi) is 3.19. The lowest BCUT2D eigenvalue weighted by Gasteiger charge is -2.35. The minimum atomic E-state index is 0.375. The molecule has 16 heavy (non-hydrogen) atoms. The highest BCUT2D eigenvalue weighted by Gasteiger charge is 2.19. The number of benzene rings is 1. The van der Waals surface area contributed by atoms with Gasteiger partial charge in [-0.15, -0.1) is 0 Å². The number of hydrogen-bond acceptors (Lipinski definition) is 4. The first-order valence-electron chi connectivity index (χ1n) is 5.49. The Bertz CT molecular complexity index is 368. The molecule has 1 atom stereocenters.